The van der Waals surface area contributed by atoms with E-state index in [2.05, 4.69) is 19.2 Å². The van der Waals surface area contributed by atoms with Crippen molar-refractivity contribution in [2.75, 3.05) is 5.32 Å². The van der Waals surface area contributed by atoms with Crippen LogP contribution in [0.25, 0.3) is 0 Å². The van der Waals surface area contributed by atoms with Crippen LogP contribution in [-0.4, -0.2) is 14.5 Å². The normalized spacial score (nSPS) is 26.6. The molecule has 0 saturated heterocycles. The predicted octanol–water partition coefficient (Wildman–Crippen LogP) is 3.19. The zero-order valence-corrected chi connectivity index (χ0v) is 14.1. The minimum atomic E-state index is -3.67. The monoisotopic (exact) mass is 310 g/mol. The summed E-state index contributed by atoms with van der Waals surface area (Å²) < 4.78 is 23.2. The van der Waals surface area contributed by atoms with Crippen molar-refractivity contribution < 1.29 is 8.42 Å². The van der Waals surface area contributed by atoms with Crippen LogP contribution in [0.15, 0.2) is 17.0 Å². The molecular weight excluding hydrogens is 284 g/mol. The molecule has 118 valence electrons. The van der Waals surface area contributed by atoms with E-state index in [1.54, 1.807) is 12.1 Å². The molecule has 3 N–H and O–H groups in total. The van der Waals surface area contributed by atoms with Gasteiger partial charge in [0.1, 0.15) is 0 Å². The lowest BCUT2D eigenvalue weighted by molar-refractivity contribution is 0.268. The lowest BCUT2D eigenvalue weighted by Gasteiger charge is -2.36. The average Bonchev–Trinajstić information content (AvgIpc) is 2.37. The summed E-state index contributed by atoms with van der Waals surface area (Å²) in [5.41, 5.74) is 2.93. The van der Waals surface area contributed by atoms with Gasteiger partial charge in [-0.15, -0.1) is 0 Å². The van der Waals surface area contributed by atoms with E-state index < -0.39 is 10.0 Å². The number of nitrogens with one attached hydrogen (secondary N) is 1. The quantitative estimate of drug-likeness (QED) is 0.900. The Balaban J connectivity index is 2.37. The van der Waals surface area contributed by atoms with Gasteiger partial charge in [0.05, 0.1) is 4.90 Å². The van der Waals surface area contributed by atoms with E-state index in [4.69, 9.17) is 5.14 Å². The Morgan fingerprint density at radius 2 is 1.71 bits per heavy atom. The van der Waals surface area contributed by atoms with E-state index in [0.717, 1.165) is 16.8 Å². The highest BCUT2D eigenvalue weighted by Gasteiger charge is 2.28. The van der Waals surface area contributed by atoms with Gasteiger partial charge in [0.2, 0.25) is 10.0 Å². The summed E-state index contributed by atoms with van der Waals surface area (Å²) in [4.78, 5) is 0.184. The van der Waals surface area contributed by atoms with Crippen LogP contribution in [0.5, 0.6) is 0 Å². The van der Waals surface area contributed by atoms with Crippen LogP contribution in [-0.2, 0) is 10.0 Å². The van der Waals surface area contributed by atoms with E-state index in [1.165, 1.54) is 19.3 Å². The molecular formula is C16H26N2O2S. The number of benzene rings is 1. The zero-order chi connectivity index (χ0) is 15.8. The van der Waals surface area contributed by atoms with Gasteiger partial charge < -0.3 is 5.32 Å². The number of aryl methyl sites for hydroxylation is 1. The fraction of sp³-hybridized carbons (Fsp3) is 0.625. The number of anilines is 1. The fourth-order valence-corrected chi connectivity index (χ4v) is 3.91. The molecule has 0 amide bonds. The minimum absolute atomic E-state index is 0.184. The topological polar surface area (TPSA) is 72.2 Å². The maximum Gasteiger partial charge on any atom is 0.238 e. The first kappa shape index (κ1) is 16.3. The Bertz CT molecular complexity index is 615. The van der Waals surface area contributed by atoms with Crippen LogP contribution in [0.3, 0.4) is 0 Å². The summed E-state index contributed by atoms with van der Waals surface area (Å²) >= 11 is 0. The molecule has 1 saturated carbocycles. The zero-order valence-electron chi connectivity index (χ0n) is 13.3. The minimum Gasteiger partial charge on any atom is -0.382 e. The summed E-state index contributed by atoms with van der Waals surface area (Å²) in [7, 11) is -3.67. The highest BCUT2D eigenvalue weighted by Crippen LogP contribution is 2.33. The van der Waals surface area contributed by atoms with Crippen LogP contribution < -0.4 is 10.5 Å². The van der Waals surface area contributed by atoms with Crippen molar-refractivity contribution in [3.8, 4) is 0 Å². The smallest absolute Gasteiger partial charge is 0.238 e. The third-order valence-electron chi connectivity index (χ3n) is 4.84. The molecule has 1 aromatic rings. The molecule has 1 aromatic carbocycles. The maximum absolute atomic E-state index is 11.6. The summed E-state index contributed by atoms with van der Waals surface area (Å²) in [5, 5.41) is 8.86. The van der Waals surface area contributed by atoms with Crippen LogP contribution in [0.4, 0.5) is 5.69 Å². The molecule has 21 heavy (non-hydrogen) atoms. The Morgan fingerprint density at radius 3 is 2.24 bits per heavy atom. The van der Waals surface area contributed by atoms with Gasteiger partial charge in [-0.3, -0.25) is 0 Å². The molecule has 1 aliphatic carbocycles. The number of hydrogen-bond donors (Lipinski definition) is 2. The second kappa shape index (κ2) is 5.97. The highest BCUT2D eigenvalue weighted by atomic mass is 32.2. The molecule has 4 nitrogen and oxygen atoms in total. The number of rotatable bonds is 3. The van der Waals surface area contributed by atoms with Gasteiger partial charge in [0, 0.05) is 11.7 Å². The summed E-state index contributed by atoms with van der Waals surface area (Å²) in [6.45, 7) is 8.46. The van der Waals surface area contributed by atoms with Gasteiger partial charge in [-0.2, -0.15) is 0 Å². The number of sulfonamides is 1. The summed E-state index contributed by atoms with van der Waals surface area (Å²) in [6.07, 6.45) is 3.71. The van der Waals surface area contributed by atoms with Crippen LogP contribution in [0.2, 0.25) is 0 Å². The van der Waals surface area contributed by atoms with Gasteiger partial charge in [0.15, 0.2) is 0 Å². The molecule has 2 unspecified atom stereocenters. The van der Waals surface area contributed by atoms with Crippen molar-refractivity contribution in [2.45, 2.75) is 57.9 Å². The van der Waals surface area contributed by atoms with Crippen molar-refractivity contribution in [1.29, 1.82) is 0 Å². The van der Waals surface area contributed by atoms with E-state index in [0.29, 0.717) is 17.9 Å². The van der Waals surface area contributed by atoms with Crippen molar-refractivity contribution in [3.63, 3.8) is 0 Å². The first-order chi connectivity index (χ1) is 9.70. The predicted molar refractivity (Wildman–Crippen MR) is 86.9 cm³/mol. The molecule has 5 heteroatoms. The summed E-state index contributed by atoms with van der Waals surface area (Å²) in [5.74, 6) is 1.18. The second-order valence-corrected chi connectivity index (χ2v) is 8.07. The standard InChI is InChI=1S/C16H26N2O2S/c1-10-6-5-7-11(2)16(10)18-15-9-14(21(17,19)20)8-12(3)13(15)4/h8-11,16,18H,5-7H2,1-4H3,(H2,17,19,20). The van der Waals surface area contributed by atoms with Crippen LogP contribution in [0.1, 0.15) is 44.2 Å². The number of nitrogens with two attached hydrogens (primary N) is 1. The Morgan fingerprint density at radius 1 is 1.14 bits per heavy atom. The van der Waals surface area contributed by atoms with E-state index in [-0.39, 0.29) is 4.90 Å². The molecule has 0 radical (unpaired) electrons. The van der Waals surface area contributed by atoms with Gasteiger partial charge in [-0.05, 0) is 61.8 Å². The van der Waals surface area contributed by atoms with E-state index >= 15 is 0 Å². The Kier molecular flexibility index (Phi) is 4.63. The first-order valence-electron chi connectivity index (χ1n) is 7.60. The molecule has 2 rings (SSSR count). The number of primary sulfonamides is 1. The highest BCUT2D eigenvalue weighted by molar-refractivity contribution is 7.89. The van der Waals surface area contributed by atoms with Gasteiger partial charge in [0.25, 0.3) is 0 Å². The molecule has 0 spiro atoms. The Hall–Kier alpha value is -1.07. The Labute approximate surface area is 128 Å². The second-order valence-electron chi connectivity index (χ2n) is 6.51. The van der Waals surface area contributed by atoms with E-state index in [9.17, 15) is 8.42 Å². The summed E-state index contributed by atoms with van der Waals surface area (Å²) in [6, 6.07) is 3.70. The molecule has 0 bridgehead atoms. The van der Waals surface area contributed by atoms with Gasteiger partial charge in [-0.25, -0.2) is 13.6 Å². The fourth-order valence-electron chi connectivity index (χ4n) is 3.29. The molecule has 0 aromatic heterocycles. The van der Waals surface area contributed by atoms with Crippen molar-refractivity contribution in [3.05, 3.63) is 23.3 Å². The van der Waals surface area contributed by atoms with Gasteiger partial charge >= 0.3 is 0 Å². The molecule has 1 aliphatic rings. The van der Waals surface area contributed by atoms with E-state index in [1.807, 2.05) is 13.8 Å². The van der Waals surface area contributed by atoms with Gasteiger partial charge in [-0.1, -0.05) is 20.3 Å². The van der Waals surface area contributed by atoms with Crippen LogP contribution in [0, 0.1) is 25.7 Å². The van der Waals surface area contributed by atoms with Crippen molar-refractivity contribution in [2.24, 2.45) is 17.0 Å². The first-order valence-corrected chi connectivity index (χ1v) is 9.15. The average molecular weight is 310 g/mol. The molecule has 0 aliphatic heterocycles. The lowest BCUT2D eigenvalue weighted by Crippen LogP contribution is -2.37. The molecule has 1 fully saturated rings. The third kappa shape index (κ3) is 3.58. The maximum atomic E-state index is 11.6. The SMILES string of the molecule is Cc1cc(S(N)(=O)=O)cc(NC2C(C)CCCC2C)c1C. The van der Waals surface area contributed by atoms with Crippen molar-refractivity contribution in [1.82, 2.24) is 0 Å². The molecule has 0 heterocycles. The third-order valence-corrected chi connectivity index (χ3v) is 5.73. The van der Waals surface area contributed by atoms with Crippen LogP contribution >= 0.6 is 0 Å². The molecule has 2 atom stereocenters. The van der Waals surface area contributed by atoms with Crippen molar-refractivity contribution >= 4 is 15.7 Å². The number of hydrogen-bond acceptors (Lipinski definition) is 3. The largest absolute Gasteiger partial charge is 0.382 e. The lowest BCUT2D eigenvalue weighted by atomic mass is 9.78.